The first-order valence-electron chi connectivity index (χ1n) is 11.4. The van der Waals surface area contributed by atoms with Gasteiger partial charge in [0.1, 0.15) is 11.5 Å². The Balaban J connectivity index is 1.48. The van der Waals surface area contributed by atoms with Crippen molar-refractivity contribution in [2.24, 2.45) is 9.98 Å². The molecular weight excluding hydrogens is 428 g/mol. The molecule has 8 heteroatoms. The van der Waals surface area contributed by atoms with E-state index in [9.17, 15) is 10.2 Å². The number of aryl methyl sites for hydroxylation is 2. The molecule has 2 heterocycles. The lowest BCUT2D eigenvalue weighted by atomic mass is 9.81. The molecule has 1 aliphatic rings. The van der Waals surface area contributed by atoms with Crippen LogP contribution in [-0.2, 0) is 13.1 Å². The molecule has 0 unspecified atom stereocenters. The Morgan fingerprint density at radius 3 is 1.65 bits per heavy atom. The third-order valence-electron chi connectivity index (χ3n) is 5.88. The lowest BCUT2D eigenvalue weighted by molar-refractivity contribution is 0.471. The first-order valence-corrected chi connectivity index (χ1v) is 11.4. The molecule has 34 heavy (non-hydrogen) atoms. The molecule has 0 amide bonds. The fraction of sp³-hybridized carbons (Fsp3) is 0.231. The quantitative estimate of drug-likeness (QED) is 0.350. The number of aromatic hydroxyl groups is 2. The van der Waals surface area contributed by atoms with Crippen LogP contribution >= 0.6 is 0 Å². The lowest BCUT2D eigenvalue weighted by Crippen LogP contribution is -2.23. The zero-order valence-electron chi connectivity index (χ0n) is 18.7. The minimum absolute atomic E-state index is 0.130. The number of aromatic nitrogens is 4. The van der Waals surface area contributed by atoms with Gasteiger partial charge in [-0.1, -0.05) is 24.3 Å². The number of benzene rings is 2. The summed E-state index contributed by atoms with van der Waals surface area (Å²) in [5, 5.41) is 21.6. The average molecular weight is 455 g/mol. The van der Waals surface area contributed by atoms with E-state index in [-0.39, 0.29) is 11.5 Å². The SMILES string of the molecule is Oc1cccc2c1C(=NCCCn1ccnc1)c1c(O)cccc1C2=NCCCn1ccnc1. The molecule has 0 radical (unpaired) electrons. The van der Waals surface area contributed by atoms with E-state index in [4.69, 9.17) is 9.98 Å². The predicted molar refractivity (Wildman–Crippen MR) is 131 cm³/mol. The summed E-state index contributed by atoms with van der Waals surface area (Å²) >= 11 is 0. The summed E-state index contributed by atoms with van der Waals surface area (Å²) in [6, 6.07) is 10.9. The van der Waals surface area contributed by atoms with Gasteiger partial charge in [0.25, 0.3) is 0 Å². The molecule has 0 atom stereocenters. The van der Waals surface area contributed by atoms with Gasteiger partial charge in [0.2, 0.25) is 0 Å². The standard InChI is InChI=1S/C26H26N6O2/c33-21-7-1-5-19-23(21)26(30-10-4-14-32-16-12-28-18-32)24-20(6-2-8-22(24)34)25(19)29-9-3-13-31-15-11-27-17-31/h1-2,5-8,11-12,15-18,33-34H,3-4,9-10,13-14H2. The van der Waals surface area contributed by atoms with E-state index in [2.05, 4.69) is 9.97 Å². The minimum Gasteiger partial charge on any atom is -0.507 e. The fourth-order valence-electron chi connectivity index (χ4n) is 4.30. The monoisotopic (exact) mass is 454 g/mol. The van der Waals surface area contributed by atoms with Crippen LogP contribution in [-0.4, -0.2) is 53.8 Å². The highest BCUT2D eigenvalue weighted by molar-refractivity contribution is 6.33. The van der Waals surface area contributed by atoms with E-state index in [0.29, 0.717) is 29.9 Å². The lowest BCUT2D eigenvalue weighted by Gasteiger charge is -2.25. The Labute approximate surface area is 197 Å². The van der Waals surface area contributed by atoms with Crippen molar-refractivity contribution >= 4 is 11.4 Å². The number of hydrogen-bond donors (Lipinski definition) is 2. The minimum atomic E-state index is 0.130. The summed E-state index contributed by atoms with van der Waals surface area (Å²) in [6.07, 6.45) is 12.6. The largest absolute Gasteiger partial charge is 0.507 e. The number of rotatable bonds is 8. The van der Waals surface area contributed by atoms with Crippen molar-refractivity contribution in [1.29, 1.82) is 0 Å². The third kappa shape index (κ3) is 4.34. The topological polar surface area (TPSA) is 101 Å². The molecular formula is C26H26N6O2. The van der Waals surface area contributed by atoms with E-state index in [1.54, 1.807) is 37.2 Å². The van der Waals surface area contributed by atoms with Gasteiger partial charge in [-0.15, -0.1) is 0 Å². The van der Waals surface area contributed by atoms with Crippen LogP contribution in [0.5, 0.6) is 11.5 Å². The van der Waals surface area contributed by atoms with Crippen LogP contribution in [0.4, 0.5) is 0 Å². The number of phenolic OH excluding ortho intramolecular Hbond substituents is 2. The maximum absolute atomic E-state index is 10.8. The van der Waals surface area contributed by atoms with Gasteiger partial charge in [0, 0.05) is 62.1 Å². The van der Waals surface area contributed by atoms with Crippen LogP contribution in [0.3, 0.4) is 0 Å². The van der Waals surface area contributed by atoms with Crippen LogP contribution in [0.25, 0.3) is 0 Å². The van der Waals surface area contributed by atoms with Gasteiger partial charge in [-0.2, -0.15) is 0 Å². The molecule has 0 aliphatic heterocycles. The van der Waals surface area contributed by atoms with Gasteiger partial charge in [-0.25, -0.2) is 9.97 Å². The Kier molecular flexibility index (Phi) is 6.20. The van der Waals surface area contributed by atoms with Crippen molar-refractivity contribution in [2.45, 2.75) is 25.9 Å². The molecule has 1 aliphatic carbocycles. The molecule has 2 N–H and O–H groups in total. The van der Waals surface area contributed by atoms with Crippen molar-refractivity contribution in [2.75, 3.05) is 13.1 Å². The first kappa shape index (κ1) is 21.6. The number of aliphatic imine (C=N–C) groups is 2. The molecule has 0 bridgehead atoms. The smallest absolute Gasteiger partial charge is 0.125 e. The number of nitrogens with zero attached hydrogens (tertiary/aromatic N) is 6. The van der Waals surface area contributed by atoms with Crippen LogP contribution in [0.1, 0.15) is 35.1 Å². The van der Waals surface area contributed by atoms with Gasteiger partial charge in [-0.05, 0) is 25.0 Å². The molecule has 2 aromatic heterocycles. The second kappa shape index (κ2) is 9.74. The number of imidazole rings is 2. The number of fused-ring (bicyclic) bond motifs is 2. The van der Waals surface area contributed by atoms with E-state index in [1.165, 1.54) is 0 Å². The van der Waals surface area contributed by atoms with E-state index < -0.39 is 0 Å². The van der Waals surface area contributed by atoms with Crippen LogP contribution < -0.4 is 0 Å². The zero-order valence-corrected chi connectivity index (χ0v) is 18.7. The van der Waals surface area contributed by atoms with Gasteiger partial charge < -0.3 is 19.3 Å². The van der Waals surface area contributed by atoms with Gasteiger partial charge in [0.05, 0.1) is 35.2 Å². The highest BCUT2D eigenvalue weighted by Gasteiger charge is 2.30. The summed E-state index contributed by atoms with van der Waals surface area (Å²) in [5.74, 6) is 0.261. The molecule has 5 rings (SSSR count). The molecule has 0 saturated carbocycles. The Morgan fingerprint density at radius 2 is 1.18 bits per heavy atom. The van der Waals surface area contributed by atoms with Gasteiger partial charge in [0.15, 0.2) is 0 Å². The summed E-state index contributed by atoms with van der Waals surface area (Å²) < 4.78 is 4.03. The molecule has 0 spiro atoms. The second-order valence-electron chi connectivity index (χ2n) is 8.17. The van der Waals surface area contributed by atoms with Gasteiger partial charge in [-0.3, -0.25) is 9.98 Å². The summed E-state index contributed by atoms with van der Waals surface area (Å²) in [4.78, 5) is 17.9. The zero-order chi connectivity index (χ0) is 23.3. The highest BCUT2D eigenvalue weighted by atomic mass is 16.3. The summed E-state index contributed by atoms with van der Waals surface area (Å²) in [6.45, 7) is 2.77. The van der Waals surface area contributed by atoms with Crippen LogP contribution in [0.2, 0.25) is 0 Å². The van der Waals surface area contributed by atoms with E-state index >= 15 is 0 Å². The van der Waals surface area contributed by atoms with E-state index in [0.717, 1.165) is 42.8 Å². The number of hydrogen-bond acceptors (Lipinski definition) is 6. The van der Waals surface area contributed by atoms with Crippen molar-refractivity contribution < 1.29 is 10.2 Å². The van der Waals surface area contributed by atoms with Crippen LogP contribution in [0.15, 0.2) is 83.8 Å². The molecule has 0 fully saturated rings. The summed E-state index contributed by atoms with van der Waals surface area (Å²) in [5.41, 5.74) is 4.26. The fourth-order valence-corrected chi connectivity index (χ4v) is 4.30. The highest BCUT2D eigenvalue weighted by Crippen LogP contribution is 2.37. The molecule has 0 saturated heterocycles. The van der Waals surface area contributed by atoms with Crippen molar-refractivity contribution in [3.8, 4) is 11.5 Å². The second-order valence-corrected chi connectivity index (χ2v) is 8.17. The summed E-state index contributed by atoms with van der Waals surface area (Å²) in [7, 11) is 0. The molecule has 4 aromatic rings. The van der Waals surface area contributed by atoms with Crippen LogP contribution in [0, 0.1) is 0 Å². The van der Waals surface area contributed by atoms with Crippen molar-refractivity contribution in [3.05, 3.63) is 96.1 Å². The Hall–Kier alpha value is -4.20. The van der Waals surface area contributed by atoms with E-state index in [1.807, 2.05) is 45.8 Å². The Morgan fingerprint density at radius 1 is 0.676 bits per heavy atom. The first-order chi connectivity index (χ1) is 16.7. The van der Waals surface area contributed by atoms with Crippen molar-refractivity contribution in [1.82, 2.24) is 19.1 Å². The molecule has 172 valence electrons. The maximum atomic E-state index is 10.8. The molecule has 8 nitrogen and oxygen atoms in total. The van der Waals surface area contributed by atoms with Gasteiger partial charge >= 0.3 is 0 Å². The predicted octanol–water partition coefficient (Wildman–Crippen LogP) is 3.66. The third-order valence-corrected chi connectivity index (χ3v) is 5.88. The Bertz CT molecular complexity index is 1270. The maximum Gasteiger partial charge on any atom is 0.125 e. The number of phenols is 2. The average Bonchev–Trinajstić information content (AvgIpc) is 3.55. The molecule has 2 aromatic carbocycles. The van der Waals surface area contributed by atoms with Crippen molar-refractivity contribution in [3.63, 3.8) is 0 Å². The normalized spacial score (nSPS) is 12.4.